The van der Waals surface area contributed by atoms with Gasteiger partial charge in [0.25, 0.3) is 0 Å². The van der Waals surface area contributed by atoms with Gasteiger partial charge in [0.2, 0.25) is 5.91 Å². The van der Waals surface area contributed by atoms with E-state index < -0.39 is 0 Å². The number of thiazole rings is 1. The van der Waals surface area contributed by atoms with E-state index in [1.165, 1.54) is 5.56 Å². The van der Waals surface area contributed by atoms with E-state index in [9.17, 15) is 4.79 Å². The van der Waals surface area contributed by atoms with Gasteiger partial charge in [-0.25, -0.2) is 4.98 Å². The number of amides is 1. The first kappa shape index (κ1) is 13.7. The van der Waals surface area contributed by atoms with Crippen molar-refractivity contribution >= 4 is 17.2 Å². The molecule has 0 spiro atoms. The minimum absolute atomic E-state index is 0.0987. The summed E-state index contributed by atoms with van der Waals surface area (Å²) in [6.45, 7) is 2.67. The molecule has 4 heteroatoms. The standard InChI is InChI=1S/C15H18N2OS/c1-12-17-14(11-19-12)7-8-15(18)16-10-9-13-5-3-2-4-6-13/h2-6,11H,7-10H2,1H3,(H,16,18). The third-order valence-electron chi connectivity index (χ3n) is 2.85. The molecule has 19 heavy (non-hydrogen) atoms. The number of aryl methyl sites for hydroxylation is 2. The van der Waals surface area contributed by atoms with Gasteiger partial charge in [-0.3, -0.25) is 4.79 Å². The first-order valence-electron chi connectivity index (χ1n) is 6.45. The van der Waals surface area contributed by atoms with Crippen LogP contribution in [0.4, 0.5) is 0 Å². The van der Waals surface area contributed by atoms with Gasteiger partial charge in [0, 0.05) is 18.3 Å². The second-order valence-corrected chi connectivity index (χ2v) is 5.51. The van der Waals surface area contributed by atoms with Gasteiger partial charge in [0.1, 0.15) is 0 Å². The van der Waals surface area contributed by atoms with Gasteiger partial charge in [0.15, 0.2) is 0 Å². The minimum Gasteiger partial charge on any atom is -0.356 e. The van der Waals surface area contributed by atoms with Crippen LogP contribution < -0.4 is 5.32 Å². The summed E-state index contributed by atoms with van der Waals surface area (Å²) < 4.78 is 0. The van der Waals surface area contributed by atoms with Crippen LogP contribution in [0.1, 0.15) is 22.7 Å². The number of rotatable bonds is 6. The van der Waals surface area contributed by atoms with E-state index in [4.69, 9.17) is 0 Å². The first-order valence-corrected chi connectivity index (χ1v) is 7.33. The highest BCUT2D eigenvalue weighted by atomic mass is 32.1. The van der Waals surface area contributed by atoms with Crippen LogP contribution in [-0.4, -0.2) is 17.4 Å². The monoisotopic (exact) mass is 274 g/mol. The summed E-state index contributed by atoms with van der Waals surface area (Å²) in [5.74, 6) is 0.0987. The lowest BCUT2D eigenvalue weighted by Gasteiger charge is -2.04. The molecule has 1 aromatic heterocycles. The van der Waals surface area contributed by atoms with Crippen molar-refractivity contribution in [2.75, 3.05) is 6.54 Å². The Bertz CT molecular complexity index is 522. The molecular weight excluding hydrogens is 256 g/mol. The molecule has 1 heterocycles. The van der Waals surface area contributed by atoms with Gasteiger partial charge >= 0.3 is 0 Å². The smallest absolute Gasteiger partial charge is 0.220 e. The third kappa shape index (κ3) is 4.83. The highest BCUT2D eigenvalue weighted by molar-refractivity contribution is 7.09. The van der Waals surface area contributed by atoms with E-state index in [-0.39, 0.29) is 5.91 Å². The molecule has 1 aromatic carbocycles. The maximum atomic E-state index is 11.7. The van der Waals surface area contributed by atoms with Crippen molar-refractivity contribution in [1.29, 1.82) is 0 Å². The average molecular weight is 274 g/mol. The largest absolute Gasteiger partial charge is 0.356 e. The Hall–Kier alpha value is -1.68. The number of hydrogen-bond acceptors (Lipinski definition) is 3. The number of carbonyl (C=O) groups excluding carboxylic acids is 1. The number of hydrogen-bond donors (Lipinski definition) is 1. The molecule has 0 bridgehead atoms. The lowest BCUT2D eigenvalue weighted by molar-refractivity contribution is -0.121. The summed E-state index contributed by atoms with van der Waals surface area (Å²) >= 11 is 1.63. The van der Waals surface area contributed by atoms with E-state index in [1.807, 2.05) is 30.5 Å². The third-order valence-corrected chi connectivity index (χ3v) is 3.68. The van der Waals surface area contributed by atoms with Crippen molar-refractivity contribution in [3.8, 4) is 0 Å². The zero-order valence-electron chi connectivity index (χ0n) is 11.1. The van der Waals surface area contributed by atoms with Crippen molar-refractivity contribution in [2.45, 2.75) is 26.2 Å². The SMILES string of the molecule is Cc1nc(CCC(=O)NCCc2ccccc2)cs1. The molecule has 2 aromatic rings. The average Bonchev–Trinajstić information content (AvgIpc) is 2.83. The molecule has 0 aliphatic rings. The highest BCUT2D eigenvalue weighted by Crippen LogP contribution is 2.09. The molecule has 0 fully saturated rings. The van der Waals surface area contributed by atoms with Crippen molar-refractivity contribution in [3.63, 3.8) is 0 Å². The van der Waals surface area contributed by atoms with E-state index in [1.54, 1.807) is 11.3 Å². The number of nitrogens with zero attached hydrogens (tertiary/aromatic N) is 1. The maximum absolute atomic E-state index is 11.7. The van der Waals surface area contributed by atoms with Gasteiger partial charge in [-0.1, -0.05) is 30.3 Å². The van der Waals surface area contributed by atoms with E-state index in [2.05, 4.69) is 22.4 Å². The molecule has 1 N–H and O–H groups in total. The van der Waals surface area contributed by atoms with Crippen LogP contribution in [0.15, 0.2) is 35.7 Å². The molecule has 2 rings (SSSR count). The van der Waals surface area contributed by atoms with Crippen LogP contribution in [0, 0.1) is 6.92 Å². The Morgan fingerprint density at radius 3 is 2.74 bits per heavy atom. The first-order chi connectivity index (χ1) is 9.24. The Balaban J connectivity index is 1.65. The Kier molecular flexibility index (Phi) is 5.10. The van der Waals surface area contributed by atoms with Crippen LogP contribution in [0.25, 0.3) is 0 Å². The highest BCUT2D eigenvalue weighted by Gasteiger charge is 2.04. The Morgan fingerprint density at radius 2 is 2.05 bits per heavy atom. The molecule has 0 radical (unpaired) electrons. The molecule has 0 saturated carbocycles. The van der Waals surface area contributed by atoms with E-state index in [0.717, 1.165) is 23.5 Å². The molecule has 0 saturated heterocycles. The molecule has 1 amide bonds. The predicted molar refractivity (Wildman–Crippen MR) is 78.3 cm³/mol. The summed E-state index contributed by atoms with van der Waals surface area (Å²) in [7, 11) is 0. The van der Waals surface area contributed by atoms with Crippen molar-refractivity contribution in [1.82, 2.24) is 10.3 Å². The van der Waals surface area contributed by atoms with Crippen LogP contribution in [-0.2, 0) is 17.6 Å². The Labute approximate surface area is 117 Å². The normalized spacial score (nSPS) is 10.4. The van der Waals surface area contributed by atoms with Gasteiger partial charge < -0.3 is 5.32 Å². The molecule has 0 aliphatic carbocycles. The molecule has 100 valence electrons. The molecular formula is C15H18N2OS. The molecule has 0 unspecified atom stereocenters. The lowest BCUT2D eigenvalue weighted by atomic mass is 10.1. The second-order valence-electron chi connectivity index (χ2n) is 4.44. The minimum atomic E-state index is 0.0987. The zero-order valence-corrected chi connectivity index (χ0v) is 11.9. The lowest BCUT2D eigenvalue weighted by Crippen LogP contribution is -2.25. The predicted octanol–water partition coefficient (Wildman–Crippen LogP) is 2.74. The molecule has 0 aliphatic heterocycles. The van der Waals surface area contributed by atoms with E-state index in [0.29, 0.717) is 13.0 Å². The van der Waals surface area contributed by atoms with Crippen LogP contribution in [0.5, 0.6) is 0 Å². The Morgan fingerprint density at radius 1 is 1.26 bits per heavy atom. The fraction of sp³-hybridized carbons (Fsp3) is 0.333. The summed E-state index contributed by atoms with van der Waals surface area (Å²) in [6.07, 6.45) is 2.11. The summed E-state index contributed by atoms with van der Waals surface area (Å²) in [6, 6.07) is 10.2. The van der Waals surface area contributed by atoms with Gasteiger partial charge in [-0.05, 0) is 25.3 Å². The van der Waals surface area contributed by atoms with Crippen molar-refractivity contribution < 1.29 is 4.79 Å². The van der Waals surface area contributed by atoms with Crippen LogP contribution >= 0.6 is 11.3 Å². The molecule has 3 nitrogen and oxygen atoms in total. The van der Waals surface area contributed by atoms with Crippen molar-refractivity contribution in [2.24, 2.45) is 0 Å². The number of aromatic nitrogens is 1. The fourth-order valence-electron chi connectivity index (χ4n) is 1.84. The van der Waals surface area contributed by atoms with Gasteiger partial charge in [0.05, 0.1) is 10.7 Å². The zero-order chi connectivity index (χ0) is 13.5. The number of carbonyl (C=O) groups is 1. The topological polar surface area (TPSA) is 42.0 Å². The van der Waals surface area contributed by atoms with Gasteiger partial charge in [-0.15, -0.1) is 11.3 Å². The summed E-state index contributed by atoms with van der Waals surface area (Å²) in [5.41, 5.74) is 2.26. The summed E-state index contributed by atoms with van der Waals surface area (Å²) in [5, 5.41) is 6.02. The summed E-state index contributed by atoms with van der Waals surface area (Å²) in [4.78, 5) is 16.0. The van der Waals surface area contributed by atoms with Crippen LogP contribution in [0.2, 0.25) is 0 Å². The number of benzene rings is 1. The van der Waals surface area contributed by atoms with Crippen LogP contribution in [0.3, 0.4) is 0 Å². The fourth-order valence-corrected chi connectivity index (χ4v) is 2.49. The number of nitrogens with one attached hydrogen (secondary N) is 1. The quantitative estimate of drug-likeness (QED) is 0.880. The molecule has 0 atom stereocenters. The van der Waals surface area contributed by atoms with Crippen molar-refractivity contribution in [3.05, 3.63) is 52.0 Å². The second kappa shape index (κ2) is 7.04. The maximum Gasteiger partial charge on any atom is 0.220 e. The van der Waals surface area contributed by atoms with Gasteiger partial charge in [-0.2, -0.15) is 0 Å². The van der Waals surface area contributed by atoms with E-state index >= 15 is 0 Å².